The third-order valence-electron chi connectivity index (χ3n) is 4.28. The fourth-order valence-electron chi connectivity index (χ4n) is 3.00. The largest absolute Gasteiger partial charge is 0.482 e. The van der Waals surface area contributed by atoms with Crippen molar-refractivity contribution >= 4 is 34.5 Å². The number of hydrogen-bond donors (Lipinski definition) is 1. The Hall–Kier alpha value is -3.12. The Kier molecular flexibility index (Phi) is 4.89. The van der Waals surface area contributed by atoms with Crippen molar-refractivity contribution in [3.05, 3.63) is 76.5 Å². The molecule has 6 heteroatoms. The van der Waals surface area contributed by atoms with Crippen LogP contribution in [0.5, 0.6) is 5.75 Å². The van der Waals surface area contributed by atoms with E-state index in [4.69, 9.17) is 4.74 Å². The Bertz CT molecular complexity index is 955. The quantitative estimate of drug-likeness (QED) is 0.734. The summed E-state index contributed by atoms with van der Waals surface area (Å²) in [6.45, 7) is 0.479. The normalized spacial score (nSPS) is 13.0. The molecule has 2 amide bonds. The lowest BCUT2D eigenvalue weighted by molar-refractivity contribution is -0.121. The first kappa shape index (κ1) is 17.3. The predicted octanol–water partition coefficient (Wildman–Crippen LogP) is 3.85. The number of hydrogen-bond acceptors (Lipinski definition) is 4. The van der Waals surface area contributed by atoms with Gasteiger partial charge in [-0.05, 0) is 35.2 Å². The minimum Gasteiger partial charge on any atom is -0.482 e. The molecule has 0 saturated heterocycles. The highest BCUT2D eigenvalue weighted by Crippen LogP contribution is 2.35. The van der Waals surface area contributed by atoms with Crippen molar-refractivity contribution in [2.24, 2.45) is 0 Å². The predicted molar refractivity (Wildman–Crippen MR) is 106 cm³/mol. The Morgan fingerprint density at radius 3 is 2.74 bits per heavy atom. The summed E-state index contributed by atoms with van der Waals surface area (Å²) in [5.41, 5.74) is 2.35. The molecule has 3 aromatic rings. The fourth-order valence-corrected chi connectivity index (χ4v) is 3.70. The molecule has 2 aromatic carbocycles. The van der Waals surface area contributed by atoms with Crippen LogP contribution in [0.4, 0.5) is 11.4 Å². The number of nitrogens with zero attached hydrogens (tertiary/aromatic N) is 1. The Balaban J connectivity index is 1.55. The summed E-state index contributed by atoms with van der Waals surface area (Å²) >= 11 is 1.55. The van der Waals surface area contributed by atoms with Gasteiger partial charge in [0.25, 0.3) is 5.91 Å². The molecule has 0 bridgehead atoms. The van der Waals surface area contributed by atoms with Gasteiger partial charge in [0.05, 0.1) is 18.7 Å². The molecule has 1 aliphatic heterocycles. The van der Waals surface area contributed by atoms with E-state index in [-0.39, 0.29) is 18.4 Å². The van der Waals surface area contributed by atoms with Crippen molar-refractivity contribution in [3.63, 3.8) is 0 Å². The van der Waals surface area contributed by atoms with Crippen LogP contribution in [0.2, 0.25) is 0 Å². The van der Waals surface area contributed by atoms with Crippen LogP contribution >= 0.6 is 11.3 Å². The molecule has 1 aromatic heterocycles. The topological polar surface area (TPSA) is 58.6 Å². The first-order valence-electron chi connectivity index (χ1n) is 8.62. The van der Waals surface area contributed by atoms with Gasteiger partial charge in [0.15, 0.2) is 6.61 Å². The highest BCUT2D eigenvalue weighted by atomic mass is 32.1. The third kappa shape index (κ3) is 4.01. The van der Waals surface area contributed by atoms with Gasteiger partial charge in [0, 0.05) is 10.6 Å². The van der Waals surface area contributed by atoms with E-state index in [2.05, 4.69) is 5.32 Å². The van der Waals surface area contributed by atoms with Crippen LogP contribution < -0.4 is 15.0 Å². The molecule has 0 radical (unpaired) electrons. The van der Waals surface area contributed by atoms with Crippen molar-refractivity contribution < 1.29 is 14.3 Å². The zero-order valence-electron chi connectivity index (χ0n) is 14.6. The van der Waals surface area contributed by atoms with Gasteiger partial charge in [0.2, 0.25) is 5.91 Å². The number of nitrogens with one attached hydrogen (secondary N) is 1. The molecular formula is C21H18N2O3S. The molecule has 1 N–H and O–H groups in total. The summed E-state index contributed by atoms with van der Waals surface area (Å²) in [7, 11) is 0. The first-order valence-corrected chi connectivity index (χ1v) is 9.50. The lowest BCUT2D eigenvalue weighted by Gasteiger charge is -2.30. The number of carbonyl (C=O) groups is 2. The van der Waals surface area contributed by atoms with Gasteiger partial charge in [-0.2, -0.15) is 0 Å². The van der Waals surface area contributed by atoms with Crippen LogP contribution in [0.15, 0.2) is 66.0 Å². The van der Waals surface area contributed by atoms with Crippen molar-refractivity contribution in [1.82, 2.24) is 0 Å². The van der Waals surface area contributed by atoms with E-state index in [9.17, 15) is 9.59 Å². The van der Waals surface area contributed by atoms with E-state index in [0.29, 0.717) is 30.1 Å². The molecular weight excluding hydrogens is 360 g/mol. The lowest BCUT2D eigenvalue weighted by Crippen LogP contribution is -2.38. The Labute approximate surface area is 161 Å². The monoisotopic (exact) mass is 378 g/mol. The van der Waals surface area contributed by atoms with Crippen molar-refractivity contribution in [3.8, 4) is 5.75 Å². The average molecular weight is 378 g/mol. The summed E-state index contributed by atoms with van der Waals surface area (Å²) in [5, 5.41) is 4.85. The number of amides is 2. The number of anilines is 2. The first-order chi connectivity index (χ1) is 13.2. The molecule has 0 fully saturated rings. The SMILES string of the molecule is O=C(Cc1cccs1)Nc1ccc2c(c1)N(Cc1ccccc1)C(=O)CO2. The summed E-state index contributed by atoms with van der Waals surface area (Å²) in [4.78, 5) is 27.4. The van der Waals surface area contributed by atoms with Crippen LogP contribution in [0.3, 0.4) is 0 Å². The second-order valence-corrected chi connectivity index (χ2v) is 7.27. The number of benzene rings is 2. The fraction of sp³-hybridized carbons (Fsp3) is 0.143. The second-order valence-electron chi connectivity index (χ2n) is 6.24. The van der Waals surface area contributed by atoms with E-state index < -0.39 is 0 Å². The van der Waals surface area contributed by atoms with Crippen LogP contribution in [0.25, 0.3) is 0 Å². The smallest absolute Gasteiger partial charge is 0.265 e. The molecule has 0 saturated carbocycles. The van der Waals surface area contributed by atoms with Gasteiger partial charge < -0.3 is 15.0 Å². The molecule has 5 nitrogen and oxygen atoms in total. The molecule has 0 atom stereocenters. The molecule has 136 valence electrons. The molecule has 27 heavy (non-hydrogen) atoms. The van der Waals surface area contributed by atoms with E-state index in [1.807, 2.05) is 47.8 Å². The summed E-state index contributed by atoms with van der Waals surface area (Å²) in [5.74, 6) is 0.449. The van der Waals surface area contributed by atoms with Gasteiger partial charge in [-0.15, -0.1) is 11.3 Å². The number of thiophene rings is 1. The van der Waals surface area contributed by atoms with Gasteiger partial charge in [-0.25, -0.2) is 0 Å². The van der Waals surface area contributed by atoms with E-state index in [0.717, 1.165) is 10.4 Å². The van der Waals surface area contributed by atoms with Crippen molar-refractivity contribution in [2.75, 3.05) is 16.8 Å². The number of rotatable bonds is 5. The molecule has 0 spiro atoms. The van der Waals surface area contributed by atoms with Gasteiger partial charge in [-0.3, -0.25) is 9.59 Å². The summed E-state index contributed by atoms with van der Waals surface area (Å²) < 4.78 is 5.55. The van der Waals surface area contributed by atoms with E-state index in [1.54, 1.807) is 34.4 Å². The highest BCUT2D eigenvalue weighted by molar-refractivity contribution is 7.10. The van der Waals surface area contributed by atoms with Crippen LogP contribution in [-0.4, -0.2) is 18.4 Å². The Morgan fingerprint density at radius 1 is 1.11 bits per heavy atom. The maximum absolute atomic E-state index is 12.4. The van der Waals surface area contributed by atoms with Gasteiger partial charge >= 0.3 is 0 Å². The second kappa shape index (κ2) is 7.63. The minimum atomic E-state index is -0.103. The zero-order chi connectivity index (χ0) is 18.6. The van der Waals surface area contributed by atoms with Gasteiger partial charge in [-0.1, -0.05) is 36.4 Å². The number of carbonyl (C=O) groups excluding carboxylic acids is 2. The van der Waals surface area contributed by atoms with Crippen molar-refractivity contribution in [2.45, 2.75) is 13.0 Å². The number of fused-ring (bicyclic) bond motifs is 1. The molecule has 0 unspecified atom stereocenters. The molecule has 4 rings (SSSR count). The average Bonchev–Trinajstić information content (AvgIpc) is 3.18. The molecule has 1 aliphatic rings. The third-order valence-corrected chi connectivity index (χ3v) is 5.16. The summed E-state index contributed by atoms with van der Waals surface area (Å²) in [6.07, 6.45) is 0.331. The van der Waals surface area contributed by atoms with Gasteiger partial charge in [0.1, 0.15) is 5.75 Å². The standard InChI is InChI=1S/C21H18N2O3S/c24-20(12-17-7-4-10-27-17)22-16-8-9-19-18(11-16)23(21(25)14-26-19)13-15-5-2-1-3-6-15/h1-11H,12-14H2,(H,22,24). The van der Waals surface area contributed by atoms with Crippen LogP contribution in [0.1, 0.15) is 10.4 Å². The maximum atomic E-state index is 12.4. The molecule has 2 heterocycles. The van der Waals surface area contributed by atoms with Crippen LogP contribution in [-0.2, 0) is 22.6 Å². The maximum Gasteiger partial charge on any atom is 0.265 e. The van der Waals surface area contributed by atoms with Crippen LogP contribution in [0, 0.1) is 0 Å². The lowest BCUT2D eigenvalue weighted by atomic mass is 10.1. The highest BCUT2D eigenvalue weighted by Gasteiger charge is 2.26. The molecule has 0 aliphatic carbocycles. The zero-order valence-corrected chi connectivity index (χ0v) is 15.4. The van der Waals surface area contributed by atoms with E-state index in [1.165, 1.54) is 0 Å². The summed E-state index contributed by atoms with van der Waals surface area (Å²) in [6, 6.07) is 19.0. The number of ether oxygens (including phenoxy) is 1. The minimum absolute atomic E-state index is 0.0178. The van der Waals surface area contributed by atoms with E-state index >= 15 is 0 Å². The Morgan fingerprint density at radius 2 is 1.96 bits per heavy atom. The van der Waals surface area contributed by atoms with Crippen molar-refractivity contribution in [1.29, 1.82) is 0 Å².